The van der Waals surface area contributed by atoms with Gasteiger partial charge in [-0.2, -0.15) is 0 Å². The van der Waals surface area contributed by atoms with E-state index in [0.717, 1.165) is 25.9 Å². The van der Waals surface area contributed by atoms with Crippen LogP contribution in [0.5, 0.6) is 0 Å². The van der Waals surface area contributed by atoms with Crippen LogP contribution in [0.2, 0.25) is 5.15 Å². The van der Waals surface area contributed by atoms with Gasteiger partial charge in [-0.15, -0.1) is 0 Å². The van der Waals surface area contributed by atoms with Crippen molar-refractivity contribution in [2.24, 2.45) is 0 Å². The van der Waals surface area contributed by atoms with Gasteiger partial charge in [0.15, 0.2) is 0 Å². The topological polar surface area (TPSA) is 56.7 Å². The minimum absolute atomic E-state index is 0.186. The van der Waals surface area contributed by atoms with Crippen LogP contribution < -0.4 is 4.90 Å². The predicted octanol–water partition coefficient (Wildman–Crippen LogP) is 1.96. The summed E-state index contributed by atoms with van der Waals surface area (Å²) in [4.78, 5) is 19.6. The lowest BCUT2D eigenvalue weighted by Crippen LogP contribution is -2.38. The van der Waals surface area contributed by atoms with Gasteiger partial charge in [0.1, 0.15) is 11.0 Å². The van der Waals surface area contributed by atoms with Crippen LogP contribution >= 0.6 is 11.6 Å². The third-order valence-corrected chi connectivity index (χ3v) is 3.47. The molecule has 1 atom stereocenters. The van der Waals surface area contributed by atoms with Crippen molar-refractivity contribution in [1.29, 1.82) is 0 Å². The summed E-state index contributed by atoms with van der Waals surface area (Å²) in [5.74, 6) is -0.317. The van der Waals surface area contributed by atoms with E-state index in [1.165, 1.54) is 6.07 Å². The van der Waals surface area contributed by atoms with Crippen LogP contribution in [-0.2, 0) is 0 Å². The van der Waals surface area contributed by atoms with Crippen LogP contribution in [0.1, 0.15) is 23.2 Å². The SMILES string of the molecule is CN(C)CC1CCCN1c1cc(C(=O)O)cc(Cl)n1. The van der Waals surface area contributed by atoms with Crippen LogP contribution in [0.3, 0.4) is 0 Å². The van der Waals surface area contributed by atoms with Gasteiger partial charge in [0.2, 0.25) is 0 Å². The Morgan fingerprint density at radius 1 is 1.58 bits per heavy atom. The number of carboxylic acids is 1. The quantitative estimate of drug-likeness (QED) is 0.856. The van der Waals surface area contributed by atoms with Gasteiger partial charge < -0.3 is 14.9 Å². The zero-order valence-corrected chi connectivity index (χ0v) is 11.9. The van der Waals surface area contributed by atoms with Crippen LogP contribution in [0.25, 0.3) is 0 Å². The molecule has 1 aliphatic rings. The fraction of sp³-hybridized carbons (Fsp3) is 0.538. The first-order valence-corrected chi connectivity index (χ1v) is 6.67. The maximum Gasteiger partial charge on any atom is 0.335 e. The zero-order chi connectivity index (χ0) is 14.0. The number of hydrogen-bond acceptors (Lipinski definition) is 4. The summed E-state index contributed by atoms with van der Waals surface area (Å²) in [5.41, 5.74) is 0.186. The van der Waals surface area contributed by atoms with Gasteiger partial charge in [0.25, 0.3) is 0 Å². The molecule has 19 heavy (non-hydrogen) atoms. The molecule has 2 heterocycles. The van der Waals surface area contributed by atoms with Gasteiger partial charge in [-0.05, 0) is 39.1 Å². The van der Waals surface area contributed by atoms with Crippen molar-refractivity contribution in [3.8, 4) is 0 Å². The van der Waals surface area contributed by atoms with E-state index in [0.29, 0.717) is 11.9 Å². The summed E-state index contributed by atoms with van der Waals surface area (Å²) >= 11 is 5.91. The average molecular weight is 284 g/mol. The lowest BCUT2D eigenvalue weighted by Gasteiger charge is -2.28. The van der Waals surface area contributed by atoms with E-state index < -0.39 is 5.97 Å². The van der Waals surface area contributed by atoms with Gasteiger partial charge in [0.05, 0.1) is 5.56 Å². The summed E-state index contributed by atoms with van der Waals surface area (Å²) in [6, 6.07) is 3.34. The first kappa shape index (κ1) is 14.1. The predicted molar refractivity (Wildman–Crippen MR) is 75.1 cm³/mol. The Balaban J connectivity index is 2.27. The monoisotopic (exact) mass is 283 g/mol. The Morgan fingerprint density at radius 2 is 2.32 bits per heavy atom. The number of pyridine rings is 1. The summed E-state index contributed by atoms with van der Waals surface area (Å²) < 4.78 is 0. The summed E-state index contributed by atoms with van der Waals surface area (Å²) in [7, 11) is 4.06. The number of likely N-dealkylation sites (N-methyl/N-ethyl adjacent to an activating group) is 1. The lowest BCUT2D eigenvalue weighted by atomic mass is 10.2. The van der Waals surface area contributed by atoms with E-state index in [4.69, 9.17) is 16.7 Å². The molecule has 0 spiro atoms. The highest BCUT2D eigenvalue weighted by Gasteiger charge is 2.26. The van der Waals surface area contributed by atoms with E-state index >= 15 is 0 Å². The number of aromatic carboxylic acids is 1. The molecule has 0 saturated carbocycles. The van der Waals surface area contributed by atoms with E-state index in [-0.39, 0.29) is 10.7 Å². The Hall–Kier alpha value is -1.33. The molecule has 1 unspecified atom stereocenters. The normalized spacial score (nSPS) is 19.2. The molecular formula is C13H18ClN3O2. The van der Waals surface area contributed by atoms with E-state index in [2.05, 4.69) is 14.8 Å². The number of carbonyl (C=O) groups is 1. The van der Waals surface area contributed by atoms with Crippen molar-refractivity contribution in [2.45, 2.75) is 18.9 Å². The standard InChI is InChI=1S/C13H18ClN3O2/c1-16(2)8-10-4-3-5-17(10)12-7-9(13(18)19)6-11(14)15-12/h6-7,10H,3-5,8H2,1-2H3,(H,18,19). The van der Waals surface area contributed by atoms with Crippen molar-refractivity contribution in [3.05, 3.63) is 22.8 Å². The first-order valence-electron chi connectivity index (χ1n) is 6.29. The molecule has 5 nitrogen and oxygen atoms in total. The van der Waals surface area contributed by atoms with Crippen molar-refractivity contribution < 1.29 is 9.90 Å². The molecule has 0 aliphatic carbocycles. The van der Waals surface area contributed by atoms with Crippen molar-refractivity contribution in [2.75, 3.05) is 32.1 Å². The summed E-state index contributed by atoms with van der Waals surface area (Å²) in [6.45, 7) is 1.82. The Morgan fingerprint density at radius 3 is 2.95 bits per heavy atom. The highest BCUT2D eigenvalue weighted by Crippen LogP contribution is 2.26. The molecule has 0 radical (unpaired) electrons. The van der Waals surface area contributed by atoms with E-state index in [9.17, 15) is 4.79 Å². The van der Waals surface area contributed by atoms with Gasteiger partial charge in [0, 0.05) is 19.1 Å². The second-order valence-electron chi connectivity index (χ2n) is 5.09. The van der Waals surface area contributed by atoms with Crippen LogP contribution in [0.15, 0.2) is 12.1 Å². The number of aromatic nitrogens is 1. The van der Waals surface area contributed by atoms with Crippen molar-refractivity contribution in [1.82, 2.24) is 9.88 Å². The molecule has 1 aromatic heterocycles. The van der Waals surface area contributed by atoms with Gasteiger partial charge in [-0.25, -0.2) is 9.78 Å². The molecule has 1 saturated heterocycles. The molecule has 2 rings (SSSR count). The molecule has 104 valence electrons. The van der Waals surface area contributed by atoms with Crippen LogP contribution in [-0.4, -0.2) is 54.2 Å². The molecule has 0 bridgehead atoms. The smallest absolute Gasteiger partial charge is 0.335 e. The van der Waals surface area contributed by atoms with Gasteiger partial charge in [-0.1, -0.05) is 11.6 Å². The highest BCUT2D eigenvalue weighted by atomic mass is 35.5. The third kappa shape index (κ3) is 3.36. The number of hydrogen-bond donors (Lipinski definition) is 1. The minimum Gasteiger partial charge on any atom is -0.478 e. The summed E-state index contributed by atoms with van der Waals surface area (Å²) in [6.07, 6.45) is 2.18. The molecule has 6 heteroatoms. The number of rotatable bonds is 4. The minimum atomic E-state index is -0.978. The van der Waals surface area contributed by atoms with Gasteiger partial charge in [-0.3, -0.25) is 0 Å². The number of anilines is 1. The molecule has 1 aliphatic heterocycles. The van der Waals surface area contributed by atoms with Crippen molar-refractivity contribution >= 4 is 23.4 Å². The molecule has 1 fully saturated rings. The average Bonchev–Trinajstić information content (AvgIpc) is 2.75. The molecular weight excluding hydrogens is 266 g/mol. The largest absolute Gasteiger partial charge is 0.478 e. The second kappa shape index (κ2) is 5.75. The maximum atomic E-state index is 11.1. The Labute approximate surface area is 117 Å². The Bertz CT molecular complexity index is 479. The maximum absolute atomic E-state index is 11.1. The lowest BCUT2D eigenvalue weighted by molar-refractivity contribution is 0.0696. The fourth-order valence-corrected chi connectivity index (χ4v) is 2.71. The van der Waals surface area contributed by atoms with Crippen LogP contribution in [0, 0.1) is 0 Å². The van der Waals surface area contributed by atoms with Crippen LogP contribution in [0.4, 0.5) is 5.82 Å². The van der Waals surface area contributed by atoms with E-state index in [1.807, 2.05) is 14.1 Å². The first-order chi connectivity index (χ1) is 8.97. The van der Waals surface area contributed by atoms with E-state index in [1.54, 1.807) is 6.07 Å². The molecule has 0 amide bonds. The number of carboxylic acid groups (broad SMARTS) is 1. The number of nitrogens with zero attached hydrogens (tertiary/aromatic N) is 3. The fourth-order valence-electron chi connectivity index (χ4n) is 2.50. The summed E-state index contributed by atoms with van der Waals surface area (Å²) in [5, 5.41) is 9.30. The second-order valence-corrected chi connectivity index (χ2v) is 5.48. The highest BCUT2D eigenvalue weighted by molar-refractivity contribution is 6.29. The zero-order valence-electron chi connectivity index (χ0n) is 11.1. The molecule has 1 N–H and O–H groups in total. The Kier molecular flexibility index (Phi) is 4.27. The van der Waals surface area contributed by atoms with Crippen molar-refractivity contribution in [3.63, 3.8) is 0 Å². The molecule has 1 aromatic rings. The third-order valence-electron chi connectivity index (χ3n) is 3.27. The number of halogens is 1. The molecule has 0 aromatic carbocycles. The van der Waals surface area contributed by atoms with Gasteiger partial charge >= 0.3 is 5.97 Å².